The number of ether oxygens (including phenoxy) is 3. The first-order valence-electron chi connectivity index (χ1n) is 7.15. The number of halogens is 1. The van der Waals surface area contributed by atoms with E-state index in [0.717, 1.165) is 0 Å². The van der Waals surface area contributed by atoms with Gasteiger partial charge in [0.25, 0.3) is 0 Å². The van der Waals surface area contributed by atoms with E-state index in [1.54, 1.807) is 30.3 Å². The topological polar surface area (TPSA) is 51.5 Å². The third-order valence-electron chi connectivity index (χ3n) is 3.38. The molecule has 0 saturated carbocycles. The molecule has 23 heavy (non-hydrogen) atoms. The molecule has 0 unspecified atom stereocenters. The summed E-state index contributed by atoms with van der Waals surface area (Å²) >= 11 is 0. The van der Waals surface area contributed by atoms with Crippen molar-refractivity contribution in [2.45, 2.75) is 6.92 Å². The lowest BCUT2D eigenvalue weighted by molar-refractivity contribution is 0.174. The van der Waals surface area contributed by atoms with Gasteiger partial charge >= 0.3 is 0 Å². The Hall–Kier alpha value is -3.00. The summed E-state index contributed by atoms with van der Waals surface area (Å²) in [6, 6.07) is 11.4. The highest BCUT2D eigenvalue weighted by Crippen LogP contribution is 2.39. The molecule has 116 valence electrons. The van der Waals surface area contributed by atoms with Gasteiger partial charge in [-0.1, -0.05) is 12.1 Å². The first kappa shape index (κ1) is 14.9. The SMILES string of the molecule is CCOc1cc2c(cc1/C=C(/C#N)c1ccc(F)cc1)OCO2. The molecule has 1 aliphatic rings. The number of hydrogen-bond donors (Lipinski definition) is 0. The molecule has 0 bridgehead atoms. The summed E-state index contributed by atoms with van der Waals surface area (Å²) < 4.78 is 29.4. The van der Waals surface area contributed by atoms with Crippen LogP contribution in [0.4, 0.5) is 4.39 Å². The number of fused-ring (bicyclic) bond motifs is 1. The van der Waals surface area contributed by atoms with Crippen molar-refractivity contribution in [2.75, 3.05) is 13.4 Å². The highest BCUT2D eigenvalue weighted by molar-refractivity contribution is 5.91. The summed E-state index contributed by atoms with van der Waals surface area (Å²) in [6.45, 7) is 2.53. The highest BCUT2D eigenvalue weighted by Gasteiger charge is 2.17. The first-order chi connectivity index (χ1) is 11.2. The Kier molecular flexibility index (Phi) is 4.15. The third kappa shape index (κ3) is 3.11. The average Bonchev–Trinajstić information content (AvgIpc) is 3.01. The van der Waals surface area contributed by atoms with Gasteiger partial charge in [-0.2, -0.15) is 5.26 Å². The van der Waals surface area contributed by atoms with Crippen LogP contribution in [0, 0.1) is 17.1 Å². The molecule has 0 N–H and O–H groups in total. The molecular weight excluding hydrogens is 297 g/mol. The molecule has 2 aromatic rings. The molecule has 0 atom stereocenters. The second-order valence-electron chi connectivity index (χ2n) is 4.85. The van der Waals surface area contributed by atoms with Gasteiger partial charge in [0, 0.05) is 11.6 Å². The molecule has 0 radical (unpaired) electrons. The number of nitrogens with zero attached hydrogens (tertiary/aromatic N) is 1. The van der Waals surface area contributed by atoms with Crippen molar-refractivity contribution in [1.82, 2.24) is 0 Å². The van der Waals surface area contributed by atoms with Crippen molar-refractivity contribution in [2.24, 2.45) is 0 Å². The Balaban J connectivity index is 2.05. The molecule has 0 aromatic heterocycles. The van der Waals surface area contributed by atoms with Crippen molar-refractivity contribution in [1.29, 1.82) is 5.26 Å². The molecule has 0 aliphatic carbocycles. The number of allylic oxidation sites excluding steroid dienone is 1. The quantitative estimate of drug-likeness (QED) is 0.632. The van der Waals surface area contributed by atoms with Gasteiger partial charge in [0.05, 0.1) is 18.2 Å². The molecule has 3 rings (SSSR count). The second-order valence-corrected chi connectivity index (χ2v) is 4.85. The van der Waals surface area contributed by atoms with Crippen LogP contribution in [0.15, 0.2) is 36.4 Å². The van der Waals surface area contributed by atoms with Gasteiger partial charge in [-0.25, -0.2) is 4.39 Å². The molecule has 0 fully saturated rings. The van der Waals surface area contributed by atoms with E-state index in [4.69, 9.17) is 14.2 Å². The second kappa shape index (κ2) is 6.41. The van der Waals surface area contributed by atoms with Crippen LogP contribution in [-0.4, -0.2) is 13.4 Å². The number of nitriles is 1. The third-order valence-corrected chi connectivity index (χ3v) is 3.38. The van der Waals surface area contributed by atoms with E-state index in [-0.39, 0.29) is 12.6 Å². The highest BCUT2D eigenvalue weighted by atomic mass is 19.1. The Morgan fingerprint density at radius 1 is 1.26 bits per heavy atom. The predicted octanol–water partition coefficient (Wildman–Crippen LogP) is 4.02. The van der Waals surface area contributed by atoms with Crippen molar-refractivity contribution in [3.63, 3.8) is 0 Å². The minimum absolute atomic E-state index is 0.164. The normalized spacial score (nSPS) is 12.8. The molecule has 0 amide bonds. The monoisotopic (exact) mass is 311 g/mol. The fraction of sp³-hybridized carbons (Fsp3) is 0.167. The summed E-state index contributed by atoms with van der Waals surface area (Å²) in [7, 11) is 0. The van der Waals surface area contributed by atoms with Gasteiger partial charge in [0.1, 0.15) is 11.6 Å². The van der Waals surface area contributed by atoms with Gasteiger partial charge < -0.3 is 14.2 Å². The van der Waals surface area contributed by atoms with Crippen molar-refractivity contribution in [3.05, 3.63) is 53.3 Å². The van der Waals surface area contributed by atoms with E-state index >= 15 is 0 Å². The standard InChI is InChI=1S/C18H14FNO3/c1-2-21-16-9-18-17(22-11-23-18)8-13(16)7-14(10-20)12-3-5-15(19)6-4-12/h3-9H,2,11H2,1H3/b14-7-. The molecular formula is C18H14FNO3. The van der Waals surface area contributed by atoms with E-state index in [9.17, 15) is 9.65 Å². The minimum Gasteiger partial charge on any atom is -0.493 e. The van der Waals surface area contributed by atoms with E-state index in [2.05, 4.69) is 6.07 Å². The number of rotatable bonds is 4. The van der Waals surface area contributed by atoms with Crippen LogP contribution in [0.5, 0.6) is 17.2 Å². The molecule has 0 spiro atoms. The average molecular weight is 311 g/mol. The van der Waals surface area contributed by atoms with Crippen molar-refractivity contribution in [3.8, 4) is 23.3 Å². The van der Waals surface area contributed by atoms with Crippen LogP contribution in [0.3, 0.4) is 0 Å². The Labute approximate surface area is 133 Å². The molecule has 2 aromatic carbocycles. The Morgan fingerprint density at radius 2 is 1.96 bits per heavy atom. The van der Waals surface area contributed by atoms with Gasteiger partial charge in [-0.3, -0.25) is 0 Å². The van der Waals surface area contributed by atoms with Gasteiger partial charge in [-0.05, 0) is 36.8 Å². The lowest BCUT2D eigenvalue weighted by Gasteiger charge is -2.09. The van der Waals surface area contributed by atoms with Crippen LogP contribution >= 0.6 is 0 Å². The maximum absolute atomic E-state index is 13.0. The zero-order valence-corrected chi connectivity index (χ0v) is 12.5. The molecule has 4 nitrogen and oxygen atoms in total. The van der Waals surface area contributed by atoms with E-state index in [1.165, 1.54) is 12.1 Å². The fourth-order valence-electron chi connectivity index (χ4n) is 2.30. The number of hydrogen-bond acceptors (Lipinski definition) is 4. The van der Waals surface area contributed by atoms with Gasteiger partial charge in [0.2, 0.25) is 6.79 Å². The summed E-state index contributed by atoms with van der Waals surface area (Å²) in [5, 5.41) is 9.42. The van der Waals surface area contributed by atoms with Crippen LogP contribution < -0.4 is 14.2 Å². The van der Waals surface area contributed by atoms with Crippen molar-refractivity contribution >= 4 is 11.6 Å². The summed E-state index contributed by atoms with van der Waals surface area (Å²) in [5.74, 6) is 1.48. The van der Waals surface area contributed by atoms with Crippen LogP contribution in [0.1, 0.15) is 18.1 Å². The lowest BCUT2D eigenvalue weighted by atomic mass is 10.0. The zero-order valence-electron chi connectivity index (χ0n) is 12.5. The summed E-state index contributed by atoms with van der Waals surface area (Å²) in [6.07, 6.45) is 1.69. The lowest BCUT2D eigenvalue weighted by Crippen LogP contribution is -1.94. The molecule has 1 aliphatic heterocycles. The Morgan fingerprint density at radius 3 is 2.61 bits per heavy atom. The van der Waals surface area contributed by atoms with Crippen LogP contribution in [0.2, 0.25) is 0 Å². The summed E-state index contributed by atoms with van der Waals surface area (Å²) in [5.41, 5.74) is 1.75. The minimum atomic E-state index is -0.343. The molecule has 1 heterocycles. The predicted molar refractivity (Wildman–Crippen MR) is 83.6 cm³/mol. The maximum atomic E-state index is 13.0. The van der Waals surface area contributed by atoms with Crippen molar-refractivity contribution < 1.29 is 18.6 Å². The summed E-state index contributed by atoms with van der Waals surface area (Å²) in [4.78, 5) is 0. The van der Waals surface area contributed by atoms with E-state index < -0.39 is 0 Å². The van der Waals surface area contributed by atoms with E-state index in [0.29, 0.717) is 40.6 Å². The number of benzene rings is 2. The Bertz CT molecular complexity index is 791. The maximum Gasteiger partial charge on any atom is 0.231 e. The zero-order chi connectivity index (χ0) is 16.2. The van der Waals surface area contributed by atoms with Crippen LogP contribution in [-0.2, 0) is 0 Å². The van der Waals surface area contributed by atoms with Gasteiger partial charge in [0.15, 0.2) is 11.5 Å². The van der Waals surface area contributed by atoms with Gasteiger partial charge in [-0.15, -0.1) is 0 Å². The smallest absolute Gasteiger partial charge is 0.231 e. The fourth-order valence-corrected chi connectivity index (χ4v) is 2.30. The largest absolute Gasteiger partial charge is 0.493 e. The van der Waals surface area contributed by atoms with E-state index in [1.807, 2.05) is 6.92 Å². The molecule has 0 saturated heterocycles. The molecule has 5 heteroatoms. The van der Waals surface area contributed by atoms with Crippen LogP contribution in [0.25, 0.3) is 11.6 Å². The first-order valence-corrected chi connectivity index (χ1v) is 7.15.